The standard InChI is InChI=1S/C14H28S3/c1-3-5-7-8-9-10-11-13-17-14(15)16-12-6-4-2/h3-13H2,1-2H3. The van der Waals surface area contributed by atoms with E-state index in [9.17, 15) is 0 Å². The summed E-state index contributed by atoms with van der Waals surface area (Å²) in [6.07, 6.45) is 12.3. The highest BCUT2D eigenvalue weighted by Gasteiger charge is 1.98. The number of thioether (sulfide) groups is 2. The zero-order valence-corrected chi connectivity index (χ0v) is 14.0. The fourth-order valence-corrected chi connectivity index (χ4v) is 4.00. The average Bonchev–Trinajstić information content (AvgIpc) is 2.33. The first kappa shape index (κ1) is 17.8. The molecular formula is C14H28S3. The van der Waals surface area contributed by atoms with Gasteiger partial charge in [0.25, 0.3) is 0 Å². The molecule has 0 rings (SSSR count). The highest BCUT2D eigenvalue weighted by atomic mass is 32.2. The predicted octanol–water partition coefficient (Wildman–Crippen LogP) is 6.29. The van der Waals surface area contributed by atoms with Gasteiger partial charge in [-0.05, 0) is 24.3 Å². The predicted molar refractivity (Wildman–Crippen MR) is 90.4 cm³/mol. The molecule has 17 heavy (non-hydrogen) atoms. The van der Waals surface area contributed by atoms with Crippen LogP contribution < -0.4 is 0 Å². The summed E-state index contributed by atoms with van der Waals surface area (Å²) in [7, 11) is 0. The highest BCUT2D eigenvalue weighted by Crippen LogP contribution is 2.20. The molecule has 0 aromatic heterocycles. The molecule has 102 valence electrons. The lowest BCUT2D eigenvalue weighted by Crippen LogP contribution is -1.88. The van der Waals surface area contributed by atoms with Crippen LogP contribution >= 0.6 is 35.7 Å². The van der Waals surface area contributed by atoms with Crippen molar-refractivity contribution in [2.75, 3.05) is 11.5 Å². The Morgan fingerprint density at radius 2 is 1.18 bits per heavy atom. The number of thiocarbonyl (C=S) groups is 1. The van der Waals surface area contributed by atoms with E-state index in [4.69, 9.17) is 12.2 Å². The second kappa shape index (κ2) is 14.8. The lowest BCUT2D eigenvalue weighted by Gasteiger charge is -2.03. The molecule has 0 fully saturated rings. The van der Waals surface area contributed by atoms with E-state index in [0.29, 0.717) is 0 Å². The normalized spacial score (nSPS) is 10.7. The molecule has 0 saturated carbocycles. The Morgan fingerprint density at radius 1 is 0.706 bits per heavy atom. The number of hydrogen-bond donors (Lipinski definition) is 0. The lowest BCUT2D eigenvalue weighted by atomic mass is 10.1. The SMILES string of the molecule is CCCCCCCCCSC(=S)SCCCC. The van der Waals surface area contributed by atoms with Crippen LogP contribution in [-0.2, 0) is 0 Å². The van der Waals surface area contributed by atoms with Crippen molar-refractivity contribution >= 4 is 39.3 Å². The number of hydrogen-bond acceptors (Lipinski definition) is 3. The van der Waals surface area contributed by atoms with Gasteiger partial charge in [-0.25, -0.2) is 0 Å². The van der Waals surface area contributed by atoms with Crippen molar-refractivity contribution in [3.63, 3.8) is 0 Å². The van der Waals surface area contributed by atoms with Crippen LogP contribution in [-0.4, -0.2) is 15.0 Å². The van der Waals surface area contributed by atoms with E-state index in [-0.39, 0.29) is 0 Å². The minimum absolute atomic E-state index is 1.16. The molecular weight excluding hydrogens is 264 g/mol. The van der Waals surface area contributed by atoms with Crippen LogP contribution in [0.3, 0.4) is 0 Å². The molecule has 0 N–H and O–H groups in total. The Bertz CT molecular complexity index is 169. The van der Waals surface area contributed by atoms with Crippen LogP contribution in [0.1, 0.15) is 71.6 Å². The smallest absolute Gasteiger partial charge is 0.104 e. The summed E-state index contributed by atoms with van der Waals surface area (Å²) in [6.45, 7) is 4.50. The van der Waals surface area contributed by atoms with Gasteiger partial charge in [0.15, 0.2) is 0 Å². The van der Waals surface area contributed by atoms with Gasteiger partial charge in [-0.3, -0.25) is 0 Å². The Labute approximate surface area is 122 Å². The molecule has 0 aliphatic rings. The quantitative estimate of drug-likeness (QED) is 0.324. The largest absolute Gasteiger partial charge is 0.108 e. The summed E-state index contributed by atoms with van der Waals surface area (Å²) < 4.78 is 1.16. The van der Waals surface area contributed by atoms with Gasteiger partial charge in [0.05, 0.1) is 0 Å². The minimum Gasteiger partial charge on any atom is -0.108 e. The third-order valence-corrected chi connectivity index (χ3v) is 5.56. The fraction of sp³-hybridized carbons (Fsp3) is 0.929. The van der Waals surface area contributed by atoms with Crippen LogP contribution in [0.15, 0.2) is 0 Å². The van der Waals surface area contributed by atoms with Crippen molar-refractivity contribution in [2.24, 2.45) is 0 Å². The molecule has 0 aliphatic heterocycles. The van der Waals surface area contributed by atoms with E-state index < -0.39 is 0 Å². The van der Waals surface area contributed by atoms with Crippen molar-refractivity contribution < 1.29 is 0 Å². The van der Waals surface area contributed by atoms with E-state index in [1.54, 1.807) is 0 Å². The van der Waals surface area contributed by atoms with Crippen LogP contribution in [0.4, 0.5) is 0 Å². The van der Waals surface area contributed by atoms with Gasteiger partial charge in [-0.2, -0.15) is 0 Å². The number of rotatable bonds is 11. The third kappa shape index (κ3) is 14.7. The molecule has 0 radical (unpaired) electrons. The molecule has 0 nitrogen and oxygen atoms in total. The first-order valence-corrected chi connectivity index (χ1v) is 9.48. The van der Waals surface area contributed by atoms with Crippen LogP contribution in [0.2, 0.25) is 0 Å². The van der Waals surface area contributed by atoms with Crippen molar-refractivity contribution in [1.29, 1.82) is 0 Å². The summed E-state index contributed by atoms with van der Waals surface area (Å²) >= 11 is 9.09. The van der Waals surface area contributed by atoms with Crippen molar-refractivity contribution in [3.05, 3.63) is 0 Å². The molecule has 0 aromatic rings. The fourth-order valence-electron chi connectivity index (χ4n) is 1.56. The van der Waals surface area contributed by atoms with Crippen LogP contribution in [0.5, 0.6) is 0 Å². The third-order valence-electron chi connectivity index (χ3n) is 2.69. The average molecular weight is 293 g/mol. The second-order valence-electron chi connectivity index (χ2n) is 4.42. The van der Waals surface area contributed by atoms with Crippen molar-refractivity contribution in [2.45, 2.75) is 71.6 Å². The maximum Gasteiger partial charge on any atom is 0.104 e. The molecule has 0 bridgehead atoms. The molecule has 0 unspecified atom stereocenters. The molecule has 3 heteroatoms. The van der Waals surface area contributed by atoms with E-state index in [0.717, 1.165) is 3.53 Å². The summed E-state index contributed by atoms with van der Waals surface area (Å²) in [5.41, 5.74) is 0. The minimum atomic E-state index is 1.16. The number of unbranched alkanes of at least 4 members (excludes halogenated alkanes) is 7. The van der Waals surface area contributed by atoms with Gasteiger partial charge in [0.2, 0.25) is 0 Å². The first-order valence-electron chi connectivity index (χ1n) is 7.10. The first-order chi connectivity index (χ1) is 8.31. The summed E-state index contributed by atoms with van der Waals surface area (Å²) in [6, 6.07) is 0. The highest BCUT2D eigenvalue weighted by molar-refractivity contribution is 8.47. The zero-order valence-electron chi connectivity index (χ0n) is 11.5. The van der Waals surface area contributed by atoms with Crippen molar-refractivity contribution in [1.82, 2.24) is 0 Å². The Hall–Kier alpha value is 0.790. The van der Waals surface area contributed by atoms with Gasteiger partial charge in [0.1, 0.15) is 3.53 Å². The molecule has 0 spiro atoms. The maximum absolute atomic E-state index is 5.33. The molecule has 0 aromatic carbocycles. The Morgan fingerprint density at radius 3 is 1.76 bits per heavy atom. The topological polar surface area (TPSA) is 0 Å². The Kier molecular flexibility index (Phi) is 15.5. The summed E-state index contributed by atoms with van der Waals surface area (Å²) in [4.78, 5) is 0. The second-order valence-corrected chi connectivity index (χ2v) is 7.82. The summed E-state index contributed by atoms with van der Waals surface area (Å²) in [5, 5.41) is 0. The Balaban J connectivity index is 3.08. The molecule has 0 heterocycles. The molecule has 0 aliphatic carbocycles. The maximum atomic E-state index is 5.33. The van der Waals surface area contributed by atoms with Crippen LogP contribution in [0, 0.1) is 0 Å². The monoisotopic (exact) mass is 292 g/mol. The lowest BCUT2D eigenvalue weighted by molar-refractivity contribution is 0.604. The van der Waals surface area contributed by atoms with Gasteiger partial charge in [0, 0.05) is 0 Å². The van der Waals surface area contributed by atoms with E-state index in [2.05, 4.69) is 13.8 Å². The molecule has 0 amide bonds. The van der Waals surface area contributed by atoms with Crippen LogP contribution in [0.25, 0.3) is 0 Å². The summed E-state index contributed by atoms with van der Waals surface area (Å²) in [5.74, 6) is 2.44. The zero-order chi connectivity index (χ0) is 12.8. The van der Waals surface area contributed by atoms with Gasteiger partial charge in [-0.15, -0.1) is 23.5 Å². The van der Waals surface area contributed by atoms with Crippen molar-refractivity contribution in [3.8, 4) is 0 Å². The van der Waals surface area contributed by atoms with Gasteiger partial charge in [-0.1, -0.05) is 71.0 Å². The van der Waals surface area contributed by atoms with E-state index >= 15 is 0 Å². The van der Waals surface area contributed by atoms with E-state index in [1.807, 2.05) is 23.5 Å². The molecule has 0 saturated heterocycles. The van der Waals surface area contributed by atoms with E-state index in [1.165, 1.54) is 69.3 Å². The van der Waals surface area contributed by atoms with Gasteiger partial charge < -0.3 is 0 Å². The molecule has 0 atom stereocenters. The van der Waals surface area contributed by atoms with Gasteiger partial charge >= 0.3 is 0 Å².